The van der Waals surface area contributed by atoms with Crippen molar-refractivity contribution in [3.63, 3.8) is 0 Å². The van der Waals surface area contributed by atoms with Crippen LogP contribution in [-0.4, -0.2) is 20.7 Å². The first-order valence-corrected chi connectivity index (χ1v) is 4.69. The third kappa shape index (κ3) is 2.04. The fourth-order valence-electron chi connectivity index (χ4n) is 1.14. The first-order chi connectivity index (χ1) is 7.68. The molecule has 0 amide bonds. The van der Waals surface area contributed by atoms with E-state index in [1.54, 1.807) is 12.1 Å². The largest absolute Gasteiger partial charge is 0.309 e. The molecule has 2 aromatic heterocycles. The van der Waals surface area contributed by atoms with Crippen LogP contribution in [0.2, 0.25) is 5.02 Å². The number of ketones is 1. The summed E-state index contributed by atoms with van der Waals surface area (Å²) in [7, 11) is 0. The molecule has 2 rings (SSSR count). The highest BCUT2D eigenvalue weighted by Gasteiger charge is 2.16. The zero-order valence-corrected chi connectivity index (χ0v) is 8.65. The molecule has 2 aromatic rings. The molecule has 0 aromatic carbocycles. The van der Waals surface area contributed by atoms with E-state index < -0.39 is 11.9 Å². The summed E-state index contributed by atoms with van der Waals surface area (Å²) < 4.78 is 12.8. The number of pyridine rings is 1. The van der Waals surface area contributed by atoms with E-state index in [0.717, 1.165) is 6.20 Å². The van der Waals surface area contributed by atoms with E-state index >= 15 is 0 Å². The van der Waals surface area contributed by atoms with Gasteiger partial charge in [0, 0.05) is 18.0 Å². The highest BCUT2D eigenvalue weighted by Crippen LogP contribution is 2.15. The van der Waals surface area contributed by atoms with Gasteiger partial charge in [0.1, 0.15) is 5.69 Å². The topological polar surface area (TPSA) is 55.7 Å². The maximum absolute atomic E-state index is 12.8. The van der Waals surface area contributed by atoms with Crippen molar-refractivity contribution >= 4 is 17.4 Å². The average Bonchev–Trinajstić information content (AvgIpc) is 2.32. The molecular weight excluding hydrogens is 233 g/mol. The van der Waals surface area contributed by atoms with Crippen LogP contribution < -0.4 is 0 Å². The molecule has 6 heteroatoms. The van der Waals surface area contributed by atoms with Crippen LogP contribution in [0.4, 0.5) is 4.39 Å². The van der Waals surface area contributed by atoms with Gasteiger partial charge < -0.3 is 0 Å². The molecule has 0 aliphatic carbocycles. The number of aromatic nitrogens is 3. The van der Waals surface area contributed by atoms with Crippen LogP contribution in [0.3, 0.4) is 0 Å². The quantitative estimate of drug-likeness (QED) is 0.591. The Kier molecular flexibility index (Phi) is 2.87. The van der Waals surface area contributed by atoms with Crippen LogP contribution in [0.25, 0.3) is 0 Å². The minimum absolute atomic E-state index is 0.00949. The molecule has 80 valence electrons. The van der Waals surface area contributed by atoms with Gasteiger partial charge >= 0.3 is 6.08 Å². The molecule has 0 bridgehead atoms. The Morgan fingerprint density at radius 1 is 1.38 bits per heavy atom. The van der Waals surface area contributed by atoms with Crippen molar-refractivity contribution in [2.75, 3.05) is 0 Å². The van der Waals surface area contributed by atoms with E-state index in [4.69, 9.17) is 11.6 Å². The summed E-state index contributed by atoms with van der Waals surface area (Å²) in [6, 6.07) is 3.14. The van der Waals surface area contributed by atoms with Crippen LogP contribution in [-0.2, 0) is 0 Å². The number of halogens is 2. The zero-order valence-electron chi connectivity index (χ0n) is 7.89. The van der Waals surface area contributed by atoms with Gasteiger partial charge in [-0.2, -0.15) is 9.37 Å². The second-order valence-corrected chi connectivity index (χ2v) is 3.31. The molecule has 0 N–H and O–H groups in total. The standard InChI is InChI=1S/C10H5ClFN3O/c11-7-5-14-10(12)15-8(7)9(16)6-2-1-3-13-4-6/h1-5H. The highest BCUT2D eigenvalue weighted by molar-refractivity contribution is 6.34. The predicted molar refractivity (Wildman–Crippen MR) is 54.7 cm³/mol. The number of carbonyl (C=O) groups excluding carboxylic acids is 1. The molecule has 0 unspecified atom stereocenters. The number of hydrogen-bond donors (Lipinski definition) is 0. The van der Waals surface area contributed by atoms with E-state index in [2.05, 4.69) is 15.0 Å². The Morgan fingerprint density at radius 3 is 2.88 bits per heavy atom. The summed E-state index contributed by atoms with van der Waals surface area (Å²) >= 11 is 5.71. The second kappa shape index (κ2) is 4.32. The van der Waals surface area contributed by atoms with Gasteiger partial charge in [-0.05, 0) is 12.1 Å². The lowest BCUT2D eigenvalue weighted by molar-refractivity contribution is 0.103. The maximum Gasteiger partial charge on any atom is 0.309 e. The second-order valence-electron chi connectivity index (χ2n) is 2.91. The van der Waals surface area contributed by atoms with E-state index in [1.807, 2.05) is 0 Å². The lowest BCUT2D eigenvalue weighted by atomic mass is 10.1. The molecule has 16 heavy (non-hydrogen) atoms. The smallest absolute Gasteiger partial charge is 0.287 e. The first kappa shape index (κ1) is 10.6. The Labute approximate surface area is 95.1 Å². The summed E-state index contributed by atoms with van der Waals surface area (Å²) in [6.45, 7) is 0. The molecule has 0 fully saturated rings. The van der Waals surface area contributed by atoms with Crippen LogP contribution in [0.1, 0.15) is 16.1 Å². The third-order valence-corrected chi connectivity index (χ3v) is 2.13. The SMILES string of the molecule is O=C(c1cccnc1)c1nc(F)ncc1Cl. The van der Waals surface area contributed by atoms with Crippen molar-refractivity contribution in [2.45, 2.75) is 0 Å². The van der Waals surface area contributed by atoms with Crippen LogP contribution >= 0.6 is 11.6 Å². The molecule has 0 aliphatic heterocycles. The number of hydrogen-bond acceptors (Lipinski definition) is 4. The minimum Gasteiger partial charge on any atom is -0.287 e. The zero-order chi connectivity index (χ0) is 11.5. The third-order valence-electron chi connectivity index (χ3n) is 1.85. The Hall–Kier alpha value is -1.88. The summed E-state index contributed by atoms with van der Waals surface area (Å²) in [4.78, 5) is 22.2. The van der Waals surface area contributed by atoms with Crippen molar-refractivity contribution in [2.24, 2.45) is 0 Å². The molecule has 0 radical (unpaired) electrons. The van der Waals surface area contributed by atoms with E-state index in [9.17, 15) is 9.18 Å². The molecule has 0 atom stereocenters. The van der Waals surface area contributed by atoms with Crippen molar-refractivity contribution in [3.8, 4) is 0 Å². The van der Waals surface area contributed by atoms with Crippen molar-refractivity contribution in [3.05, 3.63) is 53.1 Å². The molecule has 0 saturated heterocycles. The molecule has 4 nitrogen and oxygen atoms in total. The van der Waals surface area contributed by atoms with E-state index in [1.165, 1.54) is 12.4 Å². The summed E-state index contributed by atoms with van der Waals surface area (Å²) in [5, 5.41) is 0.00949. The van der Waals surface area contributed by atoms with Crippen LogP contribution in [0.15, 0.2) is 30.7 Å². The Balaban J connectivity index is 2.46. The van der Waals surface area contributed by atoms with Crippen molar-refractivity contribution < 1.29 is 9.18 Å². The van der Waals surface area contributed by atoms with Gasteiger partial charge in [-0.15, -0.1) is 0 Å². The van der Waals surface area contributed by atoms with Gasteiger partial charge in [0.15, 0.2) is 0 Å². The van der Waals surface area contributed by atoms with Crippen molar-refractivity contribution in [1.29, 1.82) is 0 Å². The molecular formula is C10H5ClFN3O. The Morgan fingerprint density at radius 2 is 2.19 bits per heavy atom. The maximum atomic E-state index is 12.8. The van der Waals surface area contributed by atoms with Crippen molar-refractivity contribution in [1.82, 2.24) is 15.0 Å². The minimum atomic E-state index is -0.989. The fourth-order valence-corrected chi connectivity index (χ4v) is 1.32. The summed E-state index contributed by atoms with van der Waals surface area (Å²) in [5.41, 5.74) is 0.129. The lowest BCUT2D eigenvalue weighted by Crippen LogP contribution is -2.07. The summed E-state index contributed by atoms with van der Waals surface area (Å²) in [5.74, 6) is -0.487. The predicted octanol–water partition coefficient (Wildman–Crippen LogP) is 1.90. The number of nitrogens with zero attached hydrogens (tertiary/aromatic N) is 3. The van der Waals surface area contributed by atoms with Gasteiger partial charge in [-0.25, -0.2) is 4.98 Å². The fraction of sp³-hybridized carbons (Fsp3) is 0. The first-order valence-electron chi connectivity index (χ1n) is 4.31. The number of rotatable bonds is 2. The monoisotopic (exact) mass is 237 g/mol. The van der Waals surface area contributed by atoms with Gasteiger partial charge in [-0.1, -0.05) is 11.6 Å². The molecule has 0 saturated carbocycles. The Bertz CT molecular complexity index is 533. The van der Waals surface area contributed by atoms with Gasteiger partial charge in [0.25, 0.3) is 0 Å². The van der Waals surface area contributed by atoms with Gasteiger partial charge in [0.2, 0.25) is 5.78 Å². The van der Waals surface area contributed by atoms with E-state index in [0.29, 0.717) is 5.56 Å². The normalized spacial score (nSPS) is 10.1. The highest BCUT2D eigenvalue weighted by atomic mass is 35.5. The van der Waals surface area contributed by atoms with Gasteiger partial charge in [-0.3, -0.25) is 9.78 Å². The van der Waals surface area contributed by atoms with E-state index in [-0.39, 0.29) is 10.7 Å². The van der Waals surface area contributed by atoms with Crippen LogP contribution in [0, 0.1) is 6.08 Å². The molecule has 0 aliphatic rings. The number of carbonyl (C=O) groups is 1. The average molecular weight is 238 g/mol. The summed E-state index contributed by atoms with van der Waals surface area (Å²) in [6.07, 6.45) is 2.95. The molecule has 2 heterocycles. The van der Waals surface area contributed by atoms with Crippen LogP contribution in [0.5, 0.6) is 0 Å². The molecule has 0 spiro atoms. The lowest BCUT2D eigenvalue weighted by Gasteiger charge is -2.01. The van der Waals surface area contributed by atoms with Gasteiger partial charge in [0.05, 0.1) is 11.2 Å².